The number of benzene rings is 1. The van der Waals surface area contributed by atoms with E-state index in [4.69, 9.17) is 9.47 Å². The van der Waals surface area contributed by atoms with Crippen LogP contribution in [0.2, 0.25) is 0 Å². The second-order valence-electron chi connectivity index (χ2n) is 4.69. The lowest BCUT2D eigenvalue weighted by Crippen LogP contribution is -2.36. The number of rotatable bonds is 3. The summed E-state index contributed by atoms with van der Waals surface area (Å²) in [5, 5.41) is 0. The number of carbonyl (C=O) groups excluding carboxylic acids is 1. The minimum atomic E-state index is -0.135. The van der Waals surface area contributed by atoms with Crippen molar-refractivity contribution in [2.45, 2.75) is 4.90 Å². The number of methoxy groups -OCH3 is 2. The average Bonchev–Trinajstić information content (AvgIpc) is 2.59. The Morgan fingerprint density at radius 3 is 2.64 bits per heavy atom. The van der Waals surface area contributed by atoms with Crippen molar-refractivity contribution in [2.75, 3.05) is 31.4 Å². The van der Waals surface area contributed by atoms with Gasteiger partial charge in [0.1, 0.15) is 17.1 Å². The van der Waals surface area contributed by atoms with Gasteiger partial charge in [-0.3, -0.25) is 9.78 Å². The number of ether oxygens (including phenoxy) is 2. The molecule has 0 saturated carbocycles. The maximum absolute atomic E-state index is 13.1. The number of hydrogen-bond acceptors (Lipinski definition) is 5. The van der Waals surface area contributed by atoms with Crippen LogP contribution in [0.4, 0.5) is 5.69 Å². The Kier molecular flexibility index (Phi) is 4.20. The van der Waals surface area contributed by atoms with E-state index in [9.17, 15) is 4.79 Å². The van der Waals surface area contributed by atoms with Crippen LogP contribution < -0.4 is 14.4 Å². The third-order valence-corrected chi connectivity index (χ3v) is 4.55. The summed E-state index contributed by atoms with van der Waals surface area (Å²) < 4.78 is 10.7. The van der Waals surface area contributed by atoms with Crippen molar-refractivity contribution in [2.24, 2.45) is 0 Å². The van der Waals surface area contributed by atoms with E-state index in [1.54, 1.807) is 61.5 Å². The highest BCUT2D eigenvalue weighted by Crippen LogP contribution is 2.37. The van der Waals surface area contributed by atoms with Gasteiger partial charge in [0.15, 0.2) is 0 Å². The average molecular weight is 316 g/mol. The number of thioether (sulfide) groups is 1. The summed E-state index contributed by atoms with van der Waals surface area (Å²) in [7, 11) is 3.10. The van der Waals surface area contributed by atoms with E-state index < -0.39 is 0 Å². The lowest BCUT2D eigenvalue weighted by molar-refractivity contribution is 0.0981. The van der Waals surface area contributed by atoms with E-state index in [-0.39, 0.29) is 5.91 Å². The zero-order valence-electron chi connectivity index (χ0n) is 12.4. The molecule has 0 fully saturated rings. The summed E-state index contributed by atoms with van der Waals surface area (Å²) in [4.78, 5) is 20.0. The largest absolute Gasteiger partial charge is 0.496 e. The molecule has 0 bridgehead atoms. The molecule has 0 unspecified atom stereocenters. The number of hydrogen-bond donors (Lipinski definition) is 0. The molecule has 3 rings (SSSR count). The monoisotopic (exact) mass is 316 g/mol. The molecule has 2 aromatic rings. The summed E-state index contributed by atoms with van der Waals surface area (Å²) in [6, 6.07) is 7.26. The number of carbonyl (C=O) groups is 1. The third-order valence-electron chi connectivity index (χ3n) is 3.51. The van der Waals surface area contributed by atoms with Gasteiger partial charge in [-0.15, -0.1) is 11.8 Å². The van der Waals surface area contributed by atoms with E-state index in [0.717, 1.165) is 16.3 Å². The molecule has 0 aliphatic carbocycles. The number of fused-ring (bicyclic) bond motifs is 1. The molecule has 0 N–H and O–H groups in total. The summed E-state index contributed by atoms with van der Waals surface area (Å²) in [6.45, 7) is 0.628. The first-order valence-electron chi connectivity index (χ1n) is 6.86. The van der Waals surface area contributed by atoms with Crippen molar-refractivity contribution in [3.63, 3.8) is 0 Å². The molecule has 0 atom stereocenters. The van der Waals surface area contributed by atoms with E-state index in [1.807, 2.05) is 6.07 Å². The van der Waals surface area contributed by atoms with Crippen LogP contribution in [-0.4, -0.2) is 37.4 Å². The Hall–Kier alpha value is -2.21. The summed E-state index contributed by atoms with van der Waals surface area (Å²) in [5.41, 5.74) is 1.27. The smallest absolute Gasteiger partial charge is 0.265 e. The standard InChI is InChI=1S/C16H16N2O3S/c1-20-12-4-3-5-13(21-2)15(12)16(19)18-8-9-22-14-6-7-17-10-11(14)18/h3-7,10H,8-9H2,1-2H3. The van der Waals surface area contributed by atoms with Gasteiger partial charge in [-0.1, -0.05) is 6.07 Å². The molecule has 1 aliphatic rings. The molecule has 0 saturated heterocycles. The molecular formula is C16H16N2O3S. The van der Waals surface area contributed by atoms with Crippen LogP contribution in [0.25, 0.3) is 0 Å². The molecule has 1 aromatic heterocycles. The lowest BCUT2D eigenvalue weighted by Gasteiger charge is -2.29. The normalized spacial score (nSPS) is 13.5. The van der Waals surface area contributed by atoms with Crippen LogP contribution >= 0.6 is 11.8 Å². The molecule has 1 aliphatic heterocycles. The Bertz CT molecular complexity index is 683. The van der Waals surface area contributed by atoms with E-state index in [0.29, 0.717) is 23.6 Å². The fraction of sp³-hybridized carbons (Fsp3) is 0.250. The van der Waals surface area contributed by atoms with Crippen LogP contribution in [0, 0.1) is 0 Å². The molecule has 22 heavy (non-hydrogen) atoms. The lowest BCUT2D eigenvalue weighted by atomic mass is 10.1. The fourth-order valence-electron chi connectivity index (χ4n) is 2.47. The van der Waals surface area contributed by atoms with Gasteiger partial charge in [0, 0.05) is 23.4 Å². The van der Waals surface area contributed by atoms with Gasteiger partial charge in [-0.2, -0.15) is 0 Å². The van der Waals surface area contributed by atoms with Gasteiger partial charge in [-0.25, -0.2) is 0 Å². The number of aromatic nitrogens is 1. The van der Waals surface area contributed by atoms with Gasteiger partial charge < -0.3 is 14.4 Å². The molecule has 0 radical (unpaired) electrons. The van der Waals surface area contributed by atoms with Crippen LogP contribution in [0.15, 0.2) is 41.6 Å². The van der Waals surface area contributed by atoms with E-state index in [2.05, 4.69) is 4.98 Å². The van der Waals surface area contributed by atoms with Crippen molar-refractivity contribution in [1.29, 1.82) is 0 Å². The molecule has 0 spiro atoms. The van der Waals surface area contributed by atoms with Gasteiger partial charge in [0.05, 0.1) is 26.1 Å². The first kappa shape index (κ1) is 14.7. The van der Waals surface area contributed by atoms with Gasteiger partial charge >= 0.3 is 0 Å². The first-order chi connectivity index (χ1) is 10.8. The van der Waals surface area contributed by atoms with Crippen LogP contribution in [0.3, 0.4) is 0 Å². The van der Waals surface area contributed by atoms with Gasteiger partial charge in [0.25, 0.3) is 5.91 Å². The SMILES string of the molecule is COc1cccc(OC)c1C(=O)N1CCSc2ccncc21. The fourth-order valence-corrected chi connectivity index (χ4v) is 3.43. The quantitative estimate of drug-likeness (QED) is 0.871. The molecular weight excluding hydrogens is 300 g/mol. The highest BCUT2D eigenvalue weighted by Gasteiger charge is 2.28. The van der Waals surface area contributed by atoms with Crippen LogP contribution in [0.5, 0.6) is 11.5 Å². The maximum Gasteiger partial charge on any atom is 0.265 e. The number of anilines is 1. The summed E-state index contributed by atoms with van der Waals surface area (Å²) >= 11 is 1.73. The van der Waals surface area contributed by atoms with Crippen LogP contribution in [0.1, 0.15) is 10.4 Å². The second-order valence-corrected chi connectivity index (χ2v) is 5.82. The second kappa shape index (κ2) is 6.27. The Labute approximate surface area is 133 Å². The summed E-state index contributed by atoms with van der Waals surface area (Å²) in [6.07, 6.45) is 3.46. The van der Waals surface area contributed by atoms with Gasteiger partial charge in [-0.05, 0) is 18.2 Å². The zero-order chi connectivity index (χ0) is 15.5. The predicted octanol–water partition coefficient (Wildman–Crippen LogP) is 2.85. The van der Waals surface area contributed by atoms with E-state index >= 15 is 0 Å². The molecule has 5 nitrogen and oxygen atoms in total. The van der Waals surface area contributed by atoms with Crippen molar-refractivity contribution < 1.29 is 14.3 Å². The predicted molar refractivity (Wildman–Crippen MR) is 86.2 cm³/mol. The van der Waals surface area contributed by atoms with Gasteiger partial charge in [0.2, 0.25) is 0 Å². The molecule has 1 amide bonds. The number of pyridine rings is 1. The molecule has 6 heteroatoms. The van der Waals surface area contributed by atoms with Crippen molar-refractivity contribution in [1.82, 2.24) is 4.98 Å². The minimum Gasteiger partial charge on any atom is -0.496 e. The van der Waals surface area contributed by atoms with Crippen LogP contribution in [-0.2, 0) is 0 Å². The highest BCUT2D eigenvalue weighted by atomic mass is 32.2. The van der Waals surface area contributed by atoms with Crippen molar-refractivity contribution >= 4 is 23.4 Å². The Morgan fingerprint density at radius 1 is 1.23 bits per heavy atom. The van der Waals surface area contributed by atoms with E-state index in [1.165, 1.54) is 0 Å². The zero-order valence-corrected chi connectivity index (χ0v) is 13.2. The molecule has 2 heterocycles. The Balaban J connectivity index is 2.06. The topological polar surface area (TPSA) is 51.7 Å². The summed E-state index contributed by atoms with van der Waals surface area (Å²) in [5.74, 6) is 1.73. The number of nitrogens with zero attached hydrogens (tertiary/aromatic N) is 2. The third kappa shape index (κ3) is 2.50. The number of amides is 1. The highest BCUT2D eigenvalue weighted by molar-refractivity contribution is 7.99. The Morgan fingerprint density at radius 2 is 1.95 bits per heavy atom. The maximum atomic E-state index is 13.1. The van der Waals surface area contributed by atoms with Crippen molar-refractivity contribution in [3.8, 4) is 11.5 Å². The van der Waals surface area contributed by atoms with Crippen molar-refractivity contribution in [3.05, 3.63) is 42.2 Å². The molecule has 1 aromatic carbocycles. The first-order valence-corrected chi connectivity index (χ1v) is 7.84. The molecule has 114 valence electrons. The minimum absolute atomic E-state index is 0.135.